The van der Waals surface area contributed by atoms with E-state index in [0.717, 1.165) is 63.9 Å². The SMILES string of the molecule is CCNC(=NCc1ccnc(Oc2ccc(F)cc2)c1)NCCCN1CCOCC1. The van der Waals surface area contributed by atoms with Crippen molar-refractivity contribution in [1.82, 2.24) is 20.5 Å². The summed E-state index contributed by atoms with van der Waals surface area (Å²) in [6, 6.07) is 9.61. The minimum Gasteiger partial charge on any atom is -0.439 e. The highest BCUT2D eigenvalue weighted by molar-refractivity contribution is 5.79. The van der Waals surface area contributed by atoms with Crippen LogP contribution in [-0.4, -0.2) is 61.8 Å². The molecule has 0 bridgehead atoms. The molecule has 0 atom stereocenters. The Hall–Kier alpha value is -2.71. The lowest BCUT2D eigenvalue weighted by Gasteiger charge is -2.26. The summed E-state index contributed by atoms with van der Waals surface area (Å²) < 4.78 is 24.1. The first-order valence-electron chi connectivity index (χ1n) is 10.4. The topological polar surface area (TPSA) is 71.0 Å². The van der Waals surface area contributed by atoms with Gasteiger partial charge in [0, 0.05) is 38.4 Å². The normalized spacial score (nSPS) is 15.1. The molecule has 2 N–H and O–H groups in total. The standard InChI is InChI=1S/C22H30FN5O2/c1-2-24-22(26-9-3-11-28-12-14-29-15-13-28)27-17-18-8-10-25-21(16-18)30-20-6-4-19(23)5-7-20/h4-8,10,16H,2-3,9,11-15,17H2,1H3,(H2,24,26,27). The lowest BCUT2D eigenvalue weighted by atomic mass is 10.2. The second-order valence-electron chi connectivity index (χ2n) is 6.99. The van der Waals surface area contributed by atoms with E-state index in [-0.39, 0.29) is 5.82 Å². The van der Waals surface area contributed by atoms with E-state index in [0.29, 0.717) is 18.2 Å². The Morgan fingerprint density at radius 1 is 1.20 bits per heavy atom. The monoisotopic (exact) mass is 415 g/mol. The van der Waals surface area contributed by atoms with Crippen molar-refractivity contribution in [2.24, 2.45) is 4.99 Å². The summed E-state index contributed by atoms with van der Waals surface area (Å²) in [4.78, 5) is 11.3. The smallest absolute Gasteiger partial charge is 0.219 e. The first-order valence-corrected chi connectivity index (χ1v) is 10.4. The van der Waals surface area contributed by atoms with Crippen molar-refractivity contribution in [2.45, 2.75) is 19.9 Å². The van der Waals surface area contributed by atoms with Gasteiger partial charge >= 0.3 is 0 Å². The number of aromatic nitrogens is 1. The quantitative estimate of drug-likeness (QED) is 0.373. The van der Waals surface area contributed by atoms with E-state index >= 15 is 0 Å². The molecule has 162 valence electrons. The average molecular weight is 416 g/mol. The summed E-state index contributed by atoms with van der Waals surface area (Å²) in [6.45, 7) is 8.95. The number of pyridine rings is 1. The Morgan fingerprint density at radius 2 is 2.00 bits per heavy atom. The zero-order valence-corrected chi connectivity index (χ0v) is 17.4. The highest BCUT2D eigenvalue weighted by Crippen LogP contribution is 2.20. The van der Waals surface area contributed by atoms with Gasteiger partial charge in [-0.1, -0.05) is 0 Å². The van der Waals surface area contributed by atoms with Gasteiger partial charge < -0.3 is 20.1 Å². The first-order chi connectivity index (χ1) is 14.7. The third-order valence-corrected chi connectivity index (χ3v) is 4.65. The number of nitrogens with one attached hydrogen (secondary N) is 2. The van der Waals surface area contributed by atoms with Crippen molar-refractivity contribution in [3.05, 3.63) is 54.0 Å². The van der Waals surface area contributed by atoms with E-state index < -0.39 is 0 Å². The average Bonchev–Trinajstić information content (AvgIpc) is 2.77. The van der Waals surface area contributed by atoms with Gasteiger partial charge in [-0.05, 0) is 55.8 Å². The molecule has 3 rings (SSSR count). The number of halogens is 1. The third kappa shape index (κ3) is 7.61. The summed E-state index contributed by atoms with van der Waals surface area (Å²) >= 11 is 0. The molecular weight excluding hydrogens is 385 g/mol. The number of guanidine groups is 1. The van der Waals surface area contributed by atoms with Gasteiger partial charge in [-0.15, -0.1) is 0 Å². The number of hydrogen-bond acceptors (Lipinski definition) is 5. The number of aliphatic imine (C=N–C) groups is 1. The summed E-state index contributed by atoms with van der Waals surface area (Å²) in [6.07, 6.45) is 2.74. The van der Waals surface area contributed by atoms with Gasteiger partial charge in [0.05, 0.1) is 19.8 Å². The van der Waals surface area contributed by atoms with Gasteiger partial charge in [0.25, 0.3) is 0 Å². The lowest BCUT2D eigenvalue weighted by Crippen LogP contribution is -2.40. The zero-order chi connectivity index (χ0) is 21.0. The number of hydrogen-bond donors (Lipinski definition) is 2. The number of morpholine rings is 1. The molecule has 8 heteroatoms. The molecule has 1 saturated heterocycles. The molecule has 1 aromatic heterocycles. The van der Waals surface area contributed by atoms with Gasteiger partial charge in [0.15, 0.2) is 5.96 Å². The van der Waals surface area contributed by atoms with Gasteiger partial charge in [0.2, 0.25) is 5.88 Å². The second kappa shape index (κ2) is 12.1. The molecule has 30 heavy (non-hydrogen) atoms. The molecule has 0 amide bonds. The number of rotatable bonds is 9. The Bertz CT molecular complexity index is 794. The number of benzene rings is 1. The molecule has 0 unspecified atom stereocenters. The minimum absolute atomic E-state index is 0.299. The molecule has 0 spiro atoms. The maximum Gasteiger partial charge on any atom is 0.219 e. The van der Waals surface area contributed by atoms with Gasteiger partial charge in [-0.2, -0.15) is 0 Å². The zero-order valence-electron chi connectivity index (χ0n) is 17.4. The van der Waals surface area contributed by atoms with Crippen LogP contribution in [0.4, 0.5) is 4.39 Å². The molecule has 1 aliphatic rings. The Kier molecular flexibility index (Phi) is 8.86. The number of nitrogens with zero attached hydrogens (tertiary/aromatic N) is 3. The van der Waals surface area contributed by atoms with Crippen LogP contribution in [-0.2, 0) is 11.3 Å². The molecule has 1 fully saturated rings. The molecule has 2 heterocycles. The Morgan fingerprint density at radius 3 is 2.77 bits per heavy atom. The van der Waals surface area contributed by atoms with Crippen molar-refractivity contribution >= 4 is 5.96 Å². The van der Waals surface area contributed by atoms with E-state index in [1.54, 1.807) is 18.3 Å². The predicted molar refractivity (Wildman–Crippen MR) is 115 cm³/mol. The van der Waals surface area contributed by atoms with Gasteiger partial charge in [-0.25, -0.2) is 14.4 Å². The molecular formula is C22H30FN5O2. The van der Waals surface area contributed by atoms with Crippen LogP contribution in [0.1, 0.15) is 18.9 Å². The predicted octanol–water partition coefficient (Wildman–Crippen LogP) is 2.79. The summed E-state index contributed by atoms with van der Waals surface area (Å²) in [5.41, 5.74) is 0.979. The fraction of sp³-hybridized carbons (Fsp3) is 0.455. The molecule has 0 aliphatic carbocycles. The second-order valence-corrected chi connectivity index (χ2v) is 6.99. The molecule has 1 aliphatic heterocycles. The van der Waals surface area contributed by atoms with E-state index in [1.807, 2.05) is 19.1 Å². The fourth-order valence-corrected chi connectivity index (χ4v) is 3.07. The minimum atomic E-state index is -0.299. The molecule has 2 aromatic rings. The Balaban J connectivity index is 1.48. The maximum absolute atomic E-state index is 13.0. The Labute approximate surface area is 177 Å². The molecule has 0 radical (unpaired) electrons. The first kappa shape index (κ1) is 22.0. The molecule has 1 aromatic carbocycles. The van der Waals surface area contributed by atoms with Crippen molar-refractivity contribution in [2.75, 3.05) is 45.9 Å². The maximum atomic E-state index is 13.0. The summed E-state index contributed by atoms with van der Waals surface area (Å²) in [5.74, 6) is 1.49. The van der Waals surface area contributed by atoms with Crippen molar-refractivity contribution in [3.63, 3.8) is 0 Å². The lowest BCUT2D eigenvalue weighted by molar-refractivity contribution is 0.0376. The largest absolute Gasteiger partial charge is 0.439 e. The van der Waals surface area contributed by atoms with Gasteiger partial charge in [-0.3, -0.25) is 4.90 Å². The van der Waals surface area contributed by atoms with E-state index in [9.17, 15) is 4.39 Å². The van der Waals surface area contributed by atoms with Crippen LogP contribution in [0.15, 0.2) is 47.6 Å². The van der Waals surface area contributed by atoms with Crippen LogP contribution in [0.25, 0.3) is 0 Å². The molecule has 0 saturated carbocycles. The van der Waals surface area contributed by atoms with Gasteiger partial charge in [0.1, 0.15) is 11.6 Å². The van der Waals surface area contributed by atoms with Crippen LogP contribution in [0, 0.1) is 5.82 Å². The van der Waals surface area contributed by atoms with E-state index in [4.69, 9.17) is 9.47 Å². The summed E-state index contributed by atoms with van der Waals surface area (Å²) in [5, 5.41) is 6.66. The summed E-state index contributed by atoms with van der Waals surface area (Å²) in [7, 11) is 0. The molecule has 7 nitrogen and oxygen atoms in total. The van der Waals surface area contributed by atoms with Crippen LogP contribution in [0.5, 0.6) is 11.6 Å². The van der Waals surface area contributed by atoms with Crippen LogP contribution in [0.3, 0.4) is 0 Å². The van der Waals surface area contributed by atoms with Crippen molar-refractivity contribution in [3.8, 4) is 11.6 Å². The third-order valence-electron chi connectivity index (χ3n) is 4.65. The van der Waals surface area contributed by atoms with Crippen molar-refractivity contribution in [1.29, 1.82) is 0 Å². The van der Waals surface area contributed by atoms with E-state index in [1.165, 1.54) is 12.1 Å². The van der Waals surface area contributed by atoms with Crippen LogP contribution >= 0.6 is 0 Å². The van der Waals surface area contributed by atoms with Crippen LogP contribution in [0.2, 0.25) is 0 Å². The van der Waals surface area contributed by atoms with Crippen LogP contribution < -0.4 is 15.4 Å². The van der Waals surface area contributed by atoms with Crippen molar-refractivity contribution < 1.29 is 13.9 Å². The highest BCUT2D eigenvalue weighted by Gasteiger charge is 2.09. The highest BCUT2D eigenvalue weighted by atomic mass is 19.1. The number of ether oxygens (including phenoxy) is 2. The fourth-order valence-electron chi connectivity index (χ4n) is 3.07. The van der Waals surface area contributed by atoms with E-state index in [2.05, 4.69) is 25.5 Å².